The third-order valence-corrected chi connectivity index (χ3v) is 4.84. The largest absolute Gasteiger partial charge is 0.311 e. The molecule has 1 aromatic heterocycles. The molecule has 0 fully saturated rings. The summed E-state index contributed by atoms with van der Waals surface area (Å²) in [6.45, 7) is 14.0. The first-order chi connectivity index (χ1) is 9.41. The van der Waals surface area contributed by atoms with E-state index in [0.717, 1.165) is 29.8 Å². The molecule has 3 nitrogen and oxygen atoms in total. The standard InChI is InChI=1S/C16H30BrN3/c1-6-8-9-10-16(4,5)12-18-11-14-15(17)13(3)19-20(14)7-2/h18H,6-12H2,1-5H3. The maximum absolute atomic E-state index is 4.53. The Labute approximate surface area is 132 Å². The molecule has 0 aliphatic rings. The van der Waals surface area contributed by atoms with Gasteiger partial charge >= 0.3 is 0 Å². The summed E-state index contributed by atoms with van der Waals surface area (Å²) in [5.74, 6) is 0. The Morgan fingerprint density at radius 3 is 2.55 bits per heavy atom. The van der Waals surface area contributed by atoms with E-state index in [1.807, 2.05) is 0 Å². The van der Waals surface area contributed by atoms with Crippen LogP contribution >= 0.6 is 15.9 Å². The van der Waals surface area contributed by atoms with Gasteiger partial charge in [-0.3, -0.25) is 4.68 Å². The number of aryl methyl sites for hydroxylation is 2. The molecule has 0 aliphatic carbocycles. The van der Waals surface area contributed by atoms with Gasteiger partial charge in [0.2, 0.25) is 0 Å². The van der Waals surface area contributed by atoms with Crippen LogP contribution in [0.5, 0.6) is 0 Å². The Hall–Kier alpha value is -0.350. The van der Waals surface area contributed by atoms with Gasteiger partial charge in [-0.15, -0.1) is 0 Å². The molecule has 1 aromatic rings. The number of halogens is 1. The lowest BCUT2D eigenvalue weighted by Crippen LogP contribution is -2.30. The van der Waals surface area contributed by atoms with E-state index < -0.39 is 0 Å². The highest BCUT2D eigenvalue weighted by Crippen LogP contribution is 2.24. The Morgan fingerprint density at radius 1 is 1.25 bits per heavy atom. The predicted molar refractivity (Wildman–Crippen MR) is 90.0 cm³/mol. The van der Waals surface area contributed by atoms with Gasteiger partial charge in [0.05, 0.1) is 15.9 Å². The highest BCUT2D eigenvalue weighted by Gasteiger charge is 2.18. The van der Waals surface area contributed by atoms with Crippen molar-refractivity contribution in [3.05, 3.63) is 15.9 Å². The molecule has 0 bridgehead atoms. The molecule has 0 aliphatic heterocycles. The fourth-order valence-corrected chi connectivity index (χ4v) is 2.92. The molecule has 4 heteroatoms. The fraction of sp³-hybridized carbons (Fsp3) is 0.812. The highest BCUT2D eigenvalue weighted by atomic mass is 79.9. The predicted octanol–water partition coefficient (Wildman–Crippen LogP) is 4.67. The summed E-state index contributed by atoms with van der Waals surface area (Å²) < 4.78 is 3.23. The van der Waals surface area contributed by atoms with Crippen LogP contribution in [-0.4, -0.2) is 16.3 Å². The molecule has 0 saturated heterocycles. The molecule has 0 unspecified atom stereocenters. The Bertz CT molecular complexity index is 410. The van der Waals surface area contributed by atoms with Crippen molar-refractivity contribution in [1.29, 1.82) is 0 Å². The third-order valence-electron chi connectivity index (χ3n) is 3.81. The van der Waals surface area contributed by atoms with Gasteiger partial charge in [0, 0.05) is 19.6 Å². The SMILES string of the molecule is CCCCCC(C)(C)CNCc1c(Br)c(C)nn1CC. The number of unbranched alkanes of at least 4 members (excludes halogenated alkanes) is 2. The van der Waals surface area contributed by atoms with Gasteiger partial charge in [-0.05, 0) is 41.6 Å². The van der Waals surface area contributed by atoms with Crippen LogP contribution in [0.4, 0.5) is 0 Å². The zero-order chi connectivity index (χ0) is 15.2. The second-order valence-corrected chi connectivity index (χ2v) is 7.18. The van der Waals surface area contributed by atoms with Gasteiger partial charge in [0.15, 0.2) is 0 Å². The third kappa shape index (κ3) is 5.21. The lowest BCUT2D eigenvalue weighted by atomic mass is 9.87. The number of hydrogen-bond donors (Lipinski definition) is 1. The van der Waals surface area contributed by atoms with Crippen LogP contribution in [0, 0.1) is 12.3 Å². The maximum Gasteiger partial charge on any atom is 0.0739 e. The van der Waals surface area contributed by atoms with Crippen LogP contribution in [0.15, 0.2) is 4.47 Å². The first-order valence-electron chi connectivity index (χ1n) is 7.83. The second-order valence-electron chi connectivity index (χ2n) is 6.39. The van der Waals surface area contributed by atoms with E-state index in [-0.39, 0.29) is 0 Å². The first-order valence-corrected chi connectivity index (χ1v) is 8.63. The smallest absolute Gasteiger partial charge is 0.0739 e. The highest BCUT2D eigenvalue weighted by molar-refractivity contribution is 9.10. The number of nitrogens with zero attached hydrogens (tertiary/aromatic N) is 2. The van der Waals surface area contributed by atoms with Crippen LogP contribution in [0.1, 0.15) is 64.8 Å². The summed E-state index contributed by atoms with van der Waals surface area (Å²) in [6, 6.07) is 0. The molecule has 1 heterocycles. The molecule has 0 spiro atoms. The number of nitrogens with one attached hydrogen (secondary N) is 1. The van der Waals surface area contributed by atoms with Crippen LogP contribution in [0.2, 0.25) is 0 Å². The summed E-state index contributed by atoms with van der Waals surface area (Å²) in [5.41, 5.74) is 2.70. The van der Waals surface area contributed by atoms with Crippen molar-refractivity contribution in [3.63, 3.8) is 0 Å². The van der Waals surface area contributed by atoms with Crippen molar-refractivity contribution in [2.24, 2.45) is 5.41 Å². The number of rotatable bonds is 9. The van der Waals surface area contributed by atoms with E-state index in [0.29, 0.717) is 5.41 Å². The van der Waals surface area contributed by atoms with E-state index in [1.54, 1.807) is 0 Å². The Balaban J connectivity index is 2.47. The summed E-state index contributed by atoms with van der Waals surface area (Å²) in [7, 11) is 0. The Kier molecular flexibility index (Phi) is 7.24. The summed E-state index contributed by atoms with van der Waals surface area (Å²) in [5, 5.41) is 8.14. The molecular formula is C16H30BrN3. The Morgan fingerprint density at radius 2 is 1.95 bits per heavy atom. The summed E-state index contributed by atoms with van der Waals surface area (Å²) in [4.78, 5) is 0. The van der Waals surface area contributed by atoms with Gasteiger partial charge in [-0.25, -0.2) is 0 Å². The summed E-state index contributed by atoms with van der Waals surface area (Å²) in [6.07, 6.45) is 5.27. The molecule has 0 saturated carbocycles. The van der Waals surface area contributed by atoms with Gasteiger partial charge in [0.25, 0.3) is 0 Å². The molecule has 1 N–H and O–H groups in total. The van der Waals surface area contributed by atoms with Crippen molar-refractivity contribution in [2.75, 3.05) is 6.54 Å². The normalized spacial score (nSPS) is 12.1. The van der Waals surface area contributed by atoms with Crippen molar-refractivity contribution in [2.45, 2.75) is 73.4 Å². The fourth-order valence-electron chi connectivity index (χ4n) is 2.50. The summed E-state index contributed by atoms with van der Waals surface area (Å²) >= 11 is 3.65. The van der Waals surface area contributed by atoms with Crippen LogP contribution in [0.25, 0.3) is 0 Å². The van der Waals surface area contributed by atoms with Crippen LogP contribution in [0.3, 0.4) is 0 Å². The van der Waals surface area contributed by atoms with E-state index in [4.69, 9.17) is 0 Å². The number of aromatic nitrogens is 2. The average molecular weight is 344 g/mol. The van der Waals surface area contributed by atoms with E-state index >= 15 is 0 Å². The maximum atomic E-state index is 4.53. The van der Waals surface area contributed by atoms with E-state index in [1.165, 1.54) is 31.4 Å². The van der Waals surface area contributed by atoms with Crippen molar-refractivity contribution < 1.29 is 0 Å². The van der Waals surface area contributed by atoms with E-state index in [9.17, 15) is 0 Å². The zero-order valence-electron chi connectivity index (χ0n) is 13.7. The first kappa shape index (κ1) is 17.7. The minimum absolute atomic E-state index is 0.369. The molecule has 20 heavy (non-hydrogen) atoms. The van der Waals surface area contributed by atoms with Gasteiger partial charge in [0.1, 0.15) is 0 Å². The van der Waals surface area contributed by atoms with Crippen molar-refractivity contribution in [3.8, 4) is 0 Å². The minimum atomic E-state index is 0.369. The van der Waals surface area contributed by atoms with Crippen LogP contribution < -0.4 is 5.32 Å². The zero-order valence-corrected chi connectivity index (χ0v) is 15.3. The monoisotopic (exact) mass is 343 g/mol. The molecule has 0 aromatic carbocycles. The van der Waals surface area contributed by atoms with Gasteiger partial charge in [-0.2, -0.15) is 5.10 Å². The average Bonchev–Trinajstić information content (AvgIpc) is 2.66. The molecule has 0 radical (unpaired) electrons. The van der Waals surface area contributed by atoms with Crippen molar-refractivity contribution in [1.82, 2.24) is 15.1 Å². The molecule has 116 valence electrons. The quantitative estimate of drug-likeness (QED) is 0.660. The minimum Gasteiger partial charge on any atom is -0.311 e. The van der Waals surface area contributed by atoms with Gasteiger partial charge < -0.3 is 5.32 Å². The number of hydrogen-bond acceptors (Lipinski definition) is 2. The lowest BCUT2D eigenvalue weighted by Gasteiger charge is -2.25. The van der Waals surface area contributed by atoms with Gasteiger partial charge in [-0.1, -0.05) is 40.0 Å². The topological polar surface area (TPSA) is 29.9 Å². The van der Waals surface area contributed by atoms with Crippen molar-refractivity contribution >= 4 is 15.9 Å². The molecular weight excluding hydrogens is 314 g/mol. The second kappa shape index (κ2) is 8.18. The molecule has 1 rings (SSSR count). The van der Waals surface area contributed by atoms with E-state index in [2.05, 4.69) is 65.6 Å². The lowest BCUT2D eigenvalue weighted by molar-refractivity contribution is 0.300. The molecule has 0 atom stereocenters. The van der Waals surface area contributed by atoms with Crippen LogP contribution in [-0.2, 0) is 13.1 Å². The molecule has 0 amide bonds.